The highest BCUT2D eigenvalue weighted by molar-refractivity contribution is 7.08. The number of rotatable bonds is 2. The van der Waals surface area contributed by atoms with Crippen LogP contribution in [-0.4, -0.2) is 6.04 Å². The average molecular weight is 195 g/mol. The van der Waals surface area contributed by atoms with Gasteiger partial charge in [-0.05, 0) is 36.1 Å². The van der Waals surface area contributed by atoms with Crippen molar-refractivity contribution in [2.75, 3.05) is 5.32 Å². The molecule has 1 unspecified atom stereocenters. The highest BCUT2D eigenvalue weighted by Gasteiger charge is 2.30. The van der Waals surface area contributed by atoms with Gasteiger partial charge in [0, 0.05) is 17.1 Å². The first-order valence-electron chi connectivity index (χ1n) is 4.94. The van der Waals surface area contributed by atoms with Gasteiger partial charge in [-0.25, -0.2) is 0 Å². The van der Waals surface area contributed by atoms with Gasteiger partial charge in [0.2, 0.25) is 0 Å². The lowest BCUT2D eigenvalue weighted by atomic mass is 9.92. The van der Waals surface area contributed by atoms with Crippen LogP contribution in [0.2, 0.25) is 0 Å². The van der Waals surface area contributed by atoms with Crippen molar-refractivity contribution >= 4 is 17.0 Å². The maximum Gasteiger partial charge on any atom is 0.0450 e. The molecule has 0 bridgehead atoms. The summed E-state index contributed by atoms with van der Waals surface area (Å²) < 4.78 is 0. The third-order valence-electron chi connectivity index (χ3n) is 2.86. The van der Waals surface area contributed by atoms with Crippen molar-refractivity contribution < 1.29 is 0 Å². The van der Waals surface area contributed by atoms with Gasteiger partial charge in [-0.15, -0.1) is 0 Å². The van der Waals surface area contributed by atoms with E-state index in [1.54, 1.807) is 11.3 Å². The molecule has 0 amide bonds. The van der Waals surface area contributed by atoms with Crippen LogP contribution in [0, 0.1) is 5.41 Å². The number of hydrogen-bond acceptors (Lipinski definition) is 2. The van der Waals surface area contributed by atoms with Crippen molar-refractivity contribution in [1.82, 2.24) is 0 Å². The predicted octanol–water partition coefficient (Wildman–Crippen LogP) is 3.74. The summed E-state index contributed by atoms with van der Waals surface area (Å²) in [6, 6.07) is 2.86. The van der Waals surface area contributed by atoms with E-state index in [9.17, 15) is 0 Å². The molecule has 1 nitrogen and oxygen atoms in total. The highest BCUT2D eigenvalue weighted by atomic mass is 32.1. The fraction of sp³-hybridized carbons (Fsp3) is 0.636. The summed E-state index contributed by atoms with van der Waals surface area (Å²) in [5.74, 6) is 0. The zero-order chi connectivity index (χ0) is 9.31. The van der Waals surface area contributed by atoms with Crippen LogP contribution in [-0.2, 0) is 0 Å². The lowest BCUT2D eigenvalue weighted by Crippen LogP contribution is -2.16. The third kappa shape index (κ3) is 2.25. The second kappa shape index (κ2) is 3.33. The zero-order valence-electron chi connectivity index (χ0n) is 8.34. The van der Waals surface area contributed by atoms with E-state index in [0.29, 0.717) is 11.5 Å². The number of thiophene rings is 1. The van der Waals surface area contributed by atoms with Crippen LogP contribution in [0.3, 0.4) is 0 Å². The molecule has 1 fully saturated rings. The van der Waals surface area contributed by atoms with E-state index < -0.39 is 0 Å². The molecule has 72 valence electrons. The molecule has 1 N–H and O–H groups in total. The zero-order valence-corrected chi connectivity index (χ0v) is 9.16. The largest absolute Gasteiger partial charge is 0.382 e. The van der Waals surface area contributed by atoms with Gasteiger partial charge in [-0.2, -0.15) is 11.3 Å². The Morgan fingerprint density at radius 1 is 1.54 bits per heavy atom. The fourth-order valence-corrected chi connectivity index (χ4v) is 2.74. The lowest BCUT2D eigenvalue weighted by molar-refractivity contribution is 0.378. The van der Waals surface area contributed by atoms with E-state index in [-0.39, 0.29) is 0 Å². The molecular formula is C11H17NS. The maximum absolute atomic E-state index is 3.59. The smallest absolute Gasteiger partial charge is 0.0450 e. The van der Waals surface area contributed by atoms with Gasteiger partial charge < -0.3 is 5.32 Å². The van der Waals surface area contributed by atoms with E-state index in [2.05, 4.69) is 36.0 Å². The van der Waals surface area contributed by atoms with Crippen LogP contribution in [0.4, 0.5) is 5.69 Å². The summed E-state index contributed by atoms with van der Waals surface area (Å²) in [5, 5.41) is 7.90. The van der Waals surface area contributed by atoms with Crippen LogP contribution in [0.5, 0.6) is 0 Å². The predicted molar refractivity (Wildman–Crippen MR) is 59.4 cm³/mol. The van der Waals surface area contributed by atoms with Gasteiger partial charge in [0.25, 0.3) is 0 Å². The molecule has 1 aliphatic rings. The van der Waals surface area contributed by atoms with E-state index in [1.807, 2.05) is 0 Å². The van der Waals surface area contributed by atoms with Gasteiger partial charge in [0.15, 0.2) is 0 Å². The van der Waals surface area contributed by atoms with Gasteiger partial charge >= 0.3 is 0 Å². The van der Waals surface area contributed by atoms with Crippen molar-refractivity contribution in [3.05, 3.63) is 16.8 Å². The monoisotopic (exact) mass is 195 g/mol. The molecule has 1 aromatic heterocycles. The summed E-state index contributed by atoms with van der Waals surface area (Å²) in [4.78, 5) is 0. The Morgan fingerprint density at radius 2 is 2.38 bits per heavy atom. The first kappa shape index (κ1) is 9.07. The number of anilines is 1. The third-order valence-corrected chi connectivity index (χ3v) is 3.54. The first-order chi connectivity index (χ1) is 6.16. The molecule has 0 aromatic carbocycles. The molecule has 1 saturated carbocycles. The minimum atomic E-state index is 0.549. The van der Waals surface area contributed by atoms with Gasteiger partial charge in [0.05, 0.1) is 0 Å². The summed E-state index contributed by atoms with van der Waals surface area (Å²) in [6.45, 7) is 4.73. The second-order valence-electron chi connectivity index (χ2n) is 4.76. The minimum Gasteiger partial charge on any atom is -0.382 e. The standard InChI is InChI=1S/C11H17NS/c1-11(2)5-3-9(7-11)12-10-4-6-13-8-10/h4,6,8-9,12H,3,5,7H2,1-2H3. The summed E-state index contributed by atoms with van der Waals surface area (Å²) in [7, 11) is 0. The van der Waals surface area contributed by atoms with Crippen LogP contribution >= 0.6 is 11.3 Å². The molecule has 0 saturated heterocycles. The molecule has 0 spiro atoms. The van der Waals surface area contributed by atoms with Crippen LogP contribution < -0.4 is 5.32 Å². The molecule has 13 heavy (non-hydrogen) atoms. The Labute approximate surface area is 84.2 Å². The average Bonchev–Trinajstić information content (AvgIpc) is 2.61. The normalized spacial score (nSPS) is 26.2. The first-order valence-corrected chi connectivity index (χ1v) is 5.89. The van der Waals surface area contributed by atoms with Crippen molar-refractivity contribution in [3.63, 3.8) is 0 Å². The SMILES string of the molecule is CC1(C)CCC(Nc2ccsc2)C1. The second-order valence-corrected chi connectivity index (χ2v) is 5.54. The van der Waals surface area contributed by atoms with Gasteiger partial charge in [0.1, 0.15) is 0 Å². The quantitative estimate of drug-likeness (QED) is 0.758. The summed E-state index contributed by atoms with van der Waals surface area (Å²) in [5.41, 5.74) is 1.85. The van der Waals surface area contributed by atoms with Crippen LogP contribution in [0.25, 0.3) is 0 Å². The van der Waals surface area contributed by atoms with Crippen molar-refractivity contribution in [3.8, 4) is 0 Å². The Morgan fingerprint density at radius 3 is 2.92 bits per heavy atom. The van der Waals surface area contributed by atoms with E-state index in [0.717, 1.165) is 0 Å². The van der Waals surface area contributed by atoms with Crippen molar-refractivity contribution in [2.24, 2.45) is 5.41 Å². The van der Waals surface area contributed by atoms with Crippen molar-refractivity contribution in [1.29, 1.82) is 0 Å². The van der Waals surface area contributed by atoms with E-state index in [1.165, 1.54) is 24.9 Å². The van der Waals surface area contributed by atoms with E-state index in [4.69, 9.17) is 0 Å². The topological polar surface area (TPSA) is 12.0 Å². The molecule has 2 rings (SSSR count). The number of nitrogens with one attached hydrogen (secondary N) is 1. The van der Waals surface area contributed by atoms with E-state index >= 15 is 0 Å². The molecule has 1 aliphatic carbocycles. The molecule has 1 aromatic rings. The van der Waals surface area contributed by atoms with Crippen LogP contribution in [0.1, 0.15) is 33.1 Å². The molecule has 1 atom stereocenters. The molecule has 2 heteroatoms. The lowest BCUT2D eigenvalue weighted by Gasteiger charge is -2.17. The Bertz CT molecular complexity index is 264. The van der Waals surface area contributed by atoms with Gasteiger partial charge in [-0.1, -0.05) is 13.8 Å². The maximum atomic E-state index is 3.59. The fourth-order valence-electron chi connectivity index (χ4n) is 2.14. The Balaban J connectivity index is 1.91. The summed E-state index contributed by atoms with van der Waals surface area (Å²) in [6.07, 6.45) is 3.99. The van der Waals surface area contributed by atoms with Gasteiger partial charge in [-0.3, -0.25) is 0 Å². The molecule has 1 heterocycles. The molecular weight excluding hydrogens is 178 g/mol. The Hall–Kier alpha value is -0.500. The van der Waals surface area contributed by atoms with Crippen LogP contribution in [0.15, 0.2) is 16.8 Å². The Kier molecular flexibility index (Phi) is 2.33. The molecule has 0 radical (unpaired) electrons. The van der Waals surface area contributed by atoms with Crippen molar-refractivity contribution in [2.45, 2.75) is 39.2 Å². The minimum absolute atomic E-state index is 0.549. The molecule has 0 aliphatic heterocycles. The number of hydrogen-bond donors (Lipinski definition) is 1. The highest BCUT2D eigenvalue weighted by Crippen LogP contribution is 2.38. The summed E-state index contributed by atoms with van der Waals surface area (Å²) >= 11 is 1.76.